The minimum atomic E-state index is -0.211. The van der Waals surface area contributed by atoms with Crippen LogP contribution in [0.4, 0.5) is 0 Å². The minimum absolute atomic E-state index is 0.168. The van der Waals surface area contributed by atoms with Crippen LogP contribution in [0.1, 0.15) is 26.7 Å². The molecule has 1 fully saturated rings. The van der Waals surface area contributed by atoms with Crippen molar-refractivity contribution in [2.24, 2.45) is 17.8 Å². The van der Waals surface area contributed by atoms with Crippen molar-refractivity contribution in [1.29, 1.82) is 0 Å². The average Bonchev–Trinajstić information content (AvgIpc) is 2.70. The summed E-state index contributed by atoms with van der Waals surface area (Å²) in [5.74, 6) is 1.13. The Morgan fingerprint density at radius 2 is 2.06 bits per heavy atom. The normalized spacial score (nSPS) is 27.2. The molecule has 18 heavy (non-hydrogen) atoms. The number of esters is 1. The Morgan fingerprint density at radius 1 is 1.39 bits per heavy atom. The van der Waals surface area contributed by atoms with Crippen LogP contribution < -0.4 is 5.32 Å². The van der Waals surface area contributed by atoms with Crippen LogP contribution in [-0.2, 0) is 9.53 Å². The van der Waals surface area contributed by atoms with Crippen LogP contribution in [0.15, 0.2) is 12.2 Å². The van der Waals surface area contributed by atoms with Gasteiger partial charge < -0.3 is 15.2 Å². The number of ether oxygens (including phenoxy) is 1. The third-order valence-electron chi connectivity index (χ3n) is 3.69. The molecule has 1 aliphatic rings. The first-order chi connectivity index (χ1) is 8.56. The highest BCUT2D eigenvalue weighted by Gasteiger charge is 2.36. The number of aliphatic hydroxyl groups excluding tert-OH is 1. The molecular formula is C14H25NO3. The molecule has 0 radical (unpaired) electrons. The lowest BCUT2D eigenvalue weighted by molar-refractivity contribution is -0.142. The molecular weight excluding hydrogens is 230 g/mol. The average molecular weight is 255 g/mol. The smallest absolute Gasteiger partial charge is 0.302 e. The van der Waals surface area contributed by atoms with E-state index in [1.54, 1.807) is 0 Å². The number of carbonyl (C=O) groups excluding carboxylic acids is 1. The molecule has 0 aromatic carbocycles. The summed E-state index contributed by atoms with van der Waals surface area (Å²) in [7, 11) is 0. The third-order valence-corrected chi connectivity index (χ3v) is 3.69. The number of nitrogens with one attached hydrogen (secondary N) is 1. The fourth-order valence-corrected chi connectivity index (χ4v) is 2.98. The van der Waals surface area contributed by atoms with Crippen molar-refractivity contribution in [3.05, 3.63) is 12.2 Å². The fraction of sp³-hybridized carbons (Fsp3) is 0.786. The Balaban J connectivity index is 2.49. The second kappa shape index (κ2) is 7.54. The van der Waals surface area contributed by atoms with Crippen molar-refractivity contribution < 1.29 is 14.6 Å². The quantitative estimate of drug-likeness (QED) is 0.409. The third kappa shape index (κ3) is 4.42. The predicted molar refractivity (Wildman–Crippen MR) is 71.1 cm³/mol. The van der Waals surface area contributed by atoms with E-state index in [-0.39, 0.29) is 12.6 Å². The van der Waals surface area contributed by atoms with Crippen molar-refractivity contribution in [2.75, 3.05) is 26.3 Å². The van der Waals surface area contributed by atoms with Crippen LogP contribution in [0, 0.1) is 17.8 Å². The van der Waals surface area contributed by atoms with Crippen LogP contribution in [0.2, 0.25) is 0 Å². The summed E-state index contributed by atoms with van der Waals surface area (Å²) in [6, 6.07) is 0. The zero-order chi connectivity index (χ0) is 13.5. The summed E-state index contributed by atoms with van der Waals surface area (Å²) in [4.78, 5) is 10.9. The van der Waals surface area contributed by atoms with Crippen molar-refractivity contribution in [3.63, 3.8) is 0 Å². The van der Waals surface area contributed by atoms with E-state index in [1.807, 2.05) is 0 Å². The molecule has 0 aliphatic heterocycles. The van der Waals surface area contributed by atoms with Gasteiger partial charge in [-0.2, -0.15) is 0 Å². The van der Waals surface area contributed by atoms with Gasteiger partial charge in [-0.25, -0.2) is 0 Å². The van der Waals surface area contributed by atoms with Crippen LogP contribution >= 0.6 is 0 Å². The highest BCUT2D eigenvalue weighted by molar-refractivity contribution is 5.65. The van der Waals surface area contributed by atoms with Gasteiger partial charge in [-0.3, -0.25) is 4.79 Å². The van der Waals surface area contributed by atoms with E-state index in [4.69, 9.17) is 9.84 Å². The van der Waals surface area contributed by atoms with Crippen molar-refractivity contribution in [3.8, 4) is 0 Å². The first-order valence-electron chi connectivity index (χ1n) is 6.66. The number of carbonyl (C=O) groups is 1. The molecule has 0 amide bonds. The number of aliphatic hydroxyl groups is 1. The molecule has 0 aromatic rings. The van der Waals surface area contributed by atoms with Crippen LogP contribution in [0.3, 0.4) is 0 Å². The maximum absolute atomic E-state index is 10.9. The molecule has 2 N–H and O–H groups in total. The molecule has 3 atom stereocenters. The molecule has 4 nitrogen and oxygen atoms in total. The topological polar surface area (TPSA) is 58.6 Å². The second-order valence-corrected chi connectivity index (χ2v) is 5.20. The van der Waals surface area contributed by atoms with Crippen LogP contribution in [0.5, 0.6) is 0 Å². The van der Waals surface area contributed by atoms with Gasteiger partial charge >= 0.3 is 5.97 Å². The van der Waals surface area contributed by atoms with E-state index in [1.165, 1.54) is 12.5 Å². The number of hydrogen-bond donors (Lipinski definition) is 2. The van der Waals surface area contributed by atoms with E-state index in [0.29, 0.717) is 30.9 Å². The first-order valence-corrected chi connectivity index (χ1v) is 6.66. The summed E-state index contributed by atoms with van der Waals surface area (Å²) >= 11 is 0. The second-order valence-electron chi connectivity index (χ2n) is 5.20. The Hall–Kier alpha value is -0.870. The number of hydrogen-bond acceptors (Lipinski definition) is 4. The molecule has 3 unspecified atom stereocenters. The van der Waals surface area contributed by atoms with Crippen molar-refractivity contribution in [1.82, 2.24) is 5.32 Å². The Labute approximate surface area is 109 Å². The Morgan fingerprint density at radius 3 is 2.61 bits per heavy atom. The SMILES string of the molecule is C=C(C)C1C(CNCCO)CCC1COC(C)=O. The highest BCUT2D eigenvalue weighted by atomic mass is 16.5. The molecule has 0 saturated heterocycles. The lowest BCUT2D eigenvalue weighted by Crippen LogP contribution is -2.30. The molecule has 104 valence electrons. The predicted octanol–water partition coefficient (Wildman–Crippen LogP) is 1.35. The lowest BCUT2D eigenvalue weighted by atomic mass is 9.84. The van der Waals surface area contributed by atoms with Crippen LogP contribution in [0.25, 0.3) is 0 Å². The van der Waals surface area contributed by atoms with Gasteiger partial charge in [-0.15, -0.1) is 0 Å². The molecule has 0 aromatic heterocycles. The molecule has 0 bridgehead atoms. The summed E-state index contributed by atoms with van der Waals surface area (Å²) in [6.07, 6.45) is 2.21. The summed E-state index contributed by atoms with van der Waals surface area (Å²) in [5, 5.41) is 12.0. The fourth-order valence-electron chi connectivity index (χ4n) is 2.98. The number of allylic oxidation sites excluding steroid dienone is 1. The van der Waals surface area contributed by atoms with Crippen molar-refractivity contribution in [2.45, 2.75) is 26.7 Å². The Bertz CT molecular complexity index is 291. The van der Waals surface area contributed by atoms with Gasteiger partial charge in [-0.1, -0.05) is 12.2 Å². The molecule has 1 aliphatic carbocycles. The minimum Gasteiger partial charge on any atom is -0.466 e. The summed E-state index contributed by atoms with van der Waals surface area (Å²) in [5.41, 5.74) is 1.17. The standard InChI is InChI=1S/C14H25NO3/c1-10(2)14-12(8-15-6-7-16)4-5-13(14)9-18-11(3)17/h12-16H,1,4-9H2,2-3H3. The van der Waals surface area contributed by atoms with Crippen molar-refractivity contribution >= 4 is 5.97 Å². The summed E-state index contributed by atoms with van der Waals surface area (Å²) < 4.78 is 5.14. The van der Waals surface area contributed by atoms with Gasteiger partial charge in [0.2, 0.25) is 0 Å². The van der Waals surface area contributed by atoms with E-state index in [2.05, 4.69) is 18.8 Å². The van der Waals surface area contributed by atoms with Gasteiger partial charge in [-0.05, 0) is 44.1 Å². The molecule has 0 heterocycles. The van der Waals surface area contributed by atoms with Gasteiger partial charge in [0.25, 0.3) is 0 Å². The van der Waals surface area contributed by atoms with Gasteiger partial charge in [0, 0.05) is 13.5 Å². The van der Waals surface area contributed by atoms with Gasteiger partial charge in [0.1, 0.15) is 0 Å². The van der Waals surface area contributed by atoms with E-state index < -0.39 is 0 Å². The monoisotopic (exact) mass is 255 g/mol. The molecule has 1 saturated carbocycles. The lowest BCUT2D eigenvalue weighted by Gasteiger charge is -2.25. The highest BCUT2D eigenvalue weighted by Crippen LogP contribution is 2.40. The van der Waals surface area contributed by atoms with Gasteiger partial charge in [0.15, 0.2) is 0 Å². The van der Waals surface area contributed by atoms with E-state index >= 15 is 0 Å². The molecule has 0 spiro atoms. The largest absolute Gasteiger partial charge is 0.466 e. The van der Waals surface area contributed by atoms with Gasteiger partial charge in [0.05, 0.1) is 13.2 Å². The maximum Gasteiger partial charge on any atom is 0.302 e. The first kappa shape index (κ1) is 15.2. The van der Waals surface area contributed by atoms with E-state index in [0.717, 1.165) is 19.4 Å². The zero-order valence-electron chi connectivity index (χ0n) is 11.4. The molecule has 1 rings (SSSR count). The number of rotatable bonds is 7. The maximum atomic E-state index is 10.9. The van der Waals surface area contributed by atoms with E-state index in [9.17, 15) is 4.79 Å². The zero-order valence-corrected chi connectivity index (χ0v) is 11.4. The van der Waals surface area contributed by atoms with Crippen LogP contribution in [-0.4, -0.2) is 37.4 Å². The Kier molecular flexibility index (Phi) is 6.36. The summed E-state index contributed by atoms with van der Waals surface area (Å²) in [6.45, 7) is 9.78. The molecule has 4 heteroatoms.